The Hall–Kier alpha value is -2.14. The summed E-state index contributed by atoms with van der Waals surface area (Å²) < 4.78 is 5.68. The third-order valence-corrected chi connectivity index (χ3v) is 3.12. The Morgan fingerprint density at radius 2 is 2.09 bits per heavy atom. The fourth-order valence-corrected chi connectivity index (χ4v) is 2.06. The van der Waals surface area contributed by atoms with Gasteiger partial charge >= 0.3 is 0 Å². The SMILES string of the molecule is Cc1ccc(NC(=S)NCc2cccc(OC(C)C)c2)nc1. The summed E-state index contributed by atoms with van der Waals surface area (Å²) in [5.41, 5.74) is 2.23. The predicted molar refractivity (Wildman–Crippen MR) is 94.2 cm³/mol. The topological polar surface area (TPSA) is 46.2 Å². The fourth-order valence-electron chi connectivity index (χ4n) is 1.89. The third kappa shape index (κ3) is 5.33. The minimum Gasteiger partial charge on any atom is -0.491 e. The number of nitrogens with one attached hydrogen (secondary N) is 2. The molecule has 5 heteroatoms. The zero-order valence-electron chi connectivity index (χ0n) is 13.1. The molecule has 0 aliphatic carbocycles. The third-order valence-electron chi connectivity index (χ3n) is 2.88. The molecule has 0 aliphatic rings. The molecule has 0 atom stereocenters. The lowest BCUT2D eigenvalue weighted by Gasteiger charge is -2.12. The van der Waals surface area contributed by atoms with Gasteiger partial charge in [-0.1, -0.05) is 18.2 Å². The van der Waals surface area contributed by atoms with E-state index in [2.05, 4.69) is 15.6 Å². The van der Waals surface area contributed by atoms with Gasteiger partial charge in [0.05, 0.1) is 6.10 Å². The number of benzene rings is 1. The van der Waals surface area contributed by atoms with Crippen LogP contribution >= 0.6 is 12.2 Å². The molecule has 0 aliphatic heterocycles. The minimum absolute atomic E-state index is 0.165. The summed E-state index contributed by atoms with van der Waals surface area (Å²) in [5, 5.41) is 6.78. The first kappa shape index (κ1) is 16.2. The van der Waals surface area contributed by atoms with Gasteiger partial charge in [-0.2, -0.15) is 0 Å². The van der Waals surface area contributed by atoms with Crippen molar-refractivity contribution in [2.24, 2.45) is 0 Å². The van der Waals surface area contributed by atoms with Crippen LogP contribution < -0.4 is 15.4 Å². The number of anilines is 1. The molecule has 1 aromatic carbocycles. The molecule has 2 N–H and O–H groups in total. The van der Waals surface area contributed by atoms with E-state index >= 15 is 0 Å². The number of hydrogen-bond donors (Lipinski definition) is 2. The van der Waals surface area contributed by atoms with Gasteiger partial charge in [-0.3, -0.25) is 0 Å². The van der Waals surface area contributed by atoms with E-state index in [0.717, 1.165) is 22.7 Å². The van der Waals surface area contributed by atoms with Gasteiger partial charge in [-0.05, 0) is 62.3 Å². The van der Waals surface area contributed by atoms with Gasteiger partial charge < -0.3 is 15.4 Å². The monoisotopic (exact) mass is 315 g/mol. The van der Waals surface area contributed by atoms with Crippen molar-refractivity contribution in [1.82, 2.24) is 10.3 Å². The van der Waals surface area contributed by atoms with Gasteiger partial charge in [0.1, 0.15) is 11.6 Å². The van der Waals surface area contributed by atoms with Crippen LogP contribution in [0.25, 0.3) is 0 Å². The number of ether oxygens (including phenoxy) is 1. The average molecular weight is 315 g/mol. The molecule has 1 heterocycles. The van der Waals surface area contributed by atoms with Crippen LogP contribution in [0.1, 0.15) is 25.0 Å². The second kappa shape index (κ2) is 7.75. The highest BCUT2D eigenvalue weighted by molar-refractivity contribution is 7.80. The Kier molecular flexibility index (Phi) is 5.72. The van der Waals surface area contributed by atoms with E-state index in [9.17, 15) is 0 Å². The van der Waals surface area contributed by atoms with E-state index in [-0.39, 0.29) is 6.10 Å². The Balaban J connectivity index is 1.86. The largest absolute Gasteiger partial charge is 0.491 e. The van der Waals surface area contributed by atoms with Crippen LogP contribution in [-0.4, -0.2) is 16.2 Å². The van der Waals surface area contributed by atoms with Gasteiger partial charge in [-0.25, -0.2) is 4.98 Å². The molecule has 0 amide bonds. The van der Waals surface area contributed by atoms with Crippen molar-refractivity contribution in [2.45, 2.75) is 33.4 Å². The first-order chi connectivity index (χ1) is 10.5. The van der Waals surface area contributed by atoms with Crippen molar-refractivity contribution in [3.8, 4) is 5.75 Å². The smallest absolute Gasteiger partial charge is 0.172 e. The fraction of sp³-hybridized carbons (Fsp3) is 0.294. The van der Waals surface area contributed by atoms with Crippen molar-refractivity contribution >= 4 is 23.1 Å². The second-order valence-electron chi connectivity index (χ2n) is 5.34. The van der Waals surface area contributed by atoms with Crippen molar-refractivity contribution in [1.29, 1.82) is 0 Å². The lowest BCUT2D eigenvalue weighted by molar-refractivity contribution is 0.242. The number of aryl methyl sites for hydroxylation is 1. The molecule has 0 fully saturated rings. The molecule has 0 spiro atoms. The van der Waals surface area contributed by atoms with Gasteiger partial charge in [0.25, 0.3) is 0 Å². The number of aromatic nitrogens is 1. The Morgan fingerprint density at radius 1 is 1.27 bits per heavy atom. The average Bonchev–Trinajstić information content (AvgIpc) is 2.47. The highest BCUT2D eigenvalue weighted by Crippen LogP contribution is 2.14. The molecule has 1 aromatic heterocycles. The lowest BCUT2D eigenvalue weighted by Crippen LogP contribution is -2.28. The van der Waals surface area contributed by atoms with Crippen LogP contribution in [0.3, 0.4) is 0 Å². The van der Waals surface area contributed by atoms with Crippen LogP contribution in [0.15, 0.2) is 42.6 Å². The van der Waals surface area contributed by atoms with Crippen LogP contribution in [0.4, 0.5) is 5.82 Å². The second-order valence-corrected chi connectivity index (χ2v) is 5.75. The van der Waals surface area contributed by atoms with Crippen LogP contribution in [-0.2, 0) is 6.54 Å². The first-order valence-corrected chi connectivity index (χ1v) is 7.67. The van der Waals surface area contributed by atoms with Gasteiger partial charge in [-0.15, -0.1) is 0 Å². The van der Waals surface area contributed by atoms with Crippen LogP contribution in [0.5, 0.6) is 5.75 Å². The molecule has 2 aromatic rings. The lowest BCUT2D eigenvalue weighted by atomic mass is 10.2. The number of pyridine rings is 1. The molecule has 0 saturated carbocycles. The summed E-state index contributed by atoms with van der Waals surface area (Å²) in [4.78, 5) is 4.26. The standard InChI is InChI=1S/C17H21N3OS/c1-12(2)21-15-6-4-5-14(9-15)11-19-17(22)20-16-8-7-13(3)10-18-16/h4-10,12H,11H2,1-3H3,(H2,18,19,20,22). The summed E-state index contributed by atoms with van der Waals surface area (Å²) in [6, 6.07) is 11.9. The highest BCUT2D eigenvalue weighted by Gasteiger charge is 2.02. The summed E-state index contributed by atoms with van der Waals surface area (Å²) in [6.45, 7) is 6.66. The predicted octanol–water partition coefficient (Wildman–Crippen LogP) is 3.66. The number of thiocarbonyl (C=S) groups is 1. The molecule has 0 bridgehead atoms. The Morgan fingerprint density at radius 3 is 2.77 bits per heavy atom. The van der Waals surface area contributed by atoms with Gasteiger partial charge in [0, 0.05) is 12.7 Å². The van der Waals surface area contributed by atoms with E-state index in [1.54, 1.807) is 6.20 Å². The van der Waals surface area contributed by atoms with E-state index < -0.39 is 0 Å². The van der Waals surface area contributed by atoms with Crippen molar-refractivity contribution in [3.05, 3.63) is 53.7 Å². The molecule has 4 nitrogen and oxygen atoms in total. The van der Waals surface area contributed by atoms with Crippen LogP contribution in [0, 0.1) is 6.92 Å². The van der Waals surface area contributed by atoms with E-state index in [1.807, 2.05) is 57.2 Å². The quantitative estimate of drug-likeness (QED) is 0.825. The number of hydrogen-bond acceptors (Lipinski definition) is 3. The molecule has 22 heavy (non-hydrogen) atoms. The summed E-state index contributed by atoms with van der Waals surface area (Å²) in [7, 11) is 0. The normalized spacial score (nSPS) is 10.4. The van der Waals surface area contributed by atoms with Crippen molar-refractivity contribution < 1.29 is 4.74 Å². The van der Waals surface area contributed by atoms with E-state index in [0.29, 0.717) is 11.7 Å². The summed E-state index contributed by atoms with van der Waals surface area (Å²) in [5.74, 6) is 1.60. The summed E-state index contributed by atoms with van der Waals surface area (Å²) >= 11 is 5.28. The highest BCUT2D eigenvalue weighted by atomic mass is 32.1. The molecule has 116 valence electrons. The Labute approximate surface area is 136 Å². The van der Waals surface area contributed by atoms with E-state index in [1.165, 1.54) is 0 Å². The Bertz CT molecular complexity index is 626. The maximum atomic E-state index is 5.68. The molecule has 0 radical (unpaired) electrons. The number of nitrogens with zero attached hydrogens (tertiary/aromatic N) is 1. The zero-order valence-corrected chi connectivity index (χ0v) is 13.9. The molecule has 0 unspecified atom stereocenters. The van der Waals surface area contributed by atoms with E-state index in [4.69, 9.17) is 17.0 Å². The van der Waals surface area contributed by atoms with Crippen molar-refractivity contribution in [2.75, 3.05) is 5.32 Å². The minimum atomic E-state index is 0.165. The number of rotatable bonds is 5. The first-order valence-electron chi connectivity index (χ1n) is 7.26. The van der Waals surface area contributed by atoms with Crippen LogP contribution in [0.2, 0.25) is 0 Å². The molecular weight excluding hydrogens is 294 g/mol. The molecule has 0 saturated heterocycles. The van der Waals surface area contributed by atoms with Gasteiger partial charge in [0.15, 0.2) is 5.11 Å². The maximum absolute atomic E-state index is 5.68. The summed E-state index contributed by atoms with van der Waals surface area (Å²) in [6.07, 6.45) is 1.97. The molecular formula is C17H21N3OS. The maximum Gasteiger partial charge on any atom is 0.172 e. The molecule has 2 rings (SSSR count). The van der Waals surface area contributed by atoms with Gasteiger partial charge in [0.2, 0.25) is 0 Å². The van der Waals surface area contributed by atoms with Crippen molar-refractivity contribution in [3.63, 3.8) is 0 Å². The zero-order chi connectivity index (χ0) is 15.9.